The smallest absolute Gasteiger partial charge is 0.387 e. The quantitative estimate of drug-likeness (QED) is 0.516. The molecule has 29 heavy (non-hydrogen) atoms. The third-order valence-corrected chi connectivity index (χ3v) is 4.08. The van der Waals surface area contributed by atoms with Crippen molar-refractivity contribution in [2.24, 2.45) is 0 Å². The van der Waals surface area contributed by atoms with Crippen LogP contribution in [0.5, 0.6) is 11.5 Å². The van der Waals surface area contributed by atoms with Gasteiger partial charge in [-0.25, -0.2) is 4.68 Å². The average Bonchev–Trinajstić information content (AvgIpc) is 3.13. The minimum absolute atomic E-state index is 0.119. The molecule has 2 aromatic carbocycles. The van der Waals surface area contributed by atoms with Crippen LogP contribution in [0.1, 0.15) is 0 Å². The highest BCUT2D eigenvalue weighted by Gasteiger charge is 2.14. The van der Waals surface area contributed by atoms with Crippen LogP contribution >= 0.6 is 0 Å². The van der Waals surface area contributed by atoms with E-state index in [0.29, 0.717) is 16.7 Å². The van der Waals surface area contributed by atoms with E-state index in [9.17, 15) is 13.6 Å². The molecule has 0 radical (unpaired) electrons. The van der Waals surface area contributed by atoms with Gasteiger partial charge in [0.15, 0.2) is 17.1 Å². The molecule has 0 spiro atoms. The molecule has 0 aliphatic heterocycles. The van der Waals surface area contributed by atoms with E-state index in [4.69, 9.17) is 4.74 Å². The van der Waals surface area contributed by atoms with Gasteiger partial charge in [-0.15, -0.1) is 0 Å². The molecule has 0 atom stereocenters. The van der Waals surface area contributed by atoms with Gasteiger partial charge in [0, 0.05) is 11.8 Å². The van der Waals surface area contributed by atoms with Crippen molar-refractivity contribution in [3.05, 3.63) is 65.1 Å². The first-order chi connectivity index (χ1) is 14.0. The summed E-state index contributed by atoms with van der Waals surface area (Å²) < 4.78 is 36.3. The number of aromatic nitrogens is 4. The Kier molecular flexibility index (Phi) is 4.82. The molecular weight excluding hydrogens is 384 g/mol. The minimum atomic E-state index is -3.01. The van der Waals surface area contributed by atoms with Gasteiger partial charge in [-0.2, -0.15) is 18.9 Å². The van der Waals surface area contributed by atoms with Gasteiger partial charge in [0.1, 0.15) is 5.39 Å². The molecule has 0 aliphatic rings. The number of ether oxygens (including phenoxy) is 2. The first kappa shape index (κ1) is 18.4. The molecule has 8 nitrogen and oxygen atoms in total. The Morgan fingerprint density at radius 2 is 1.93 bits per heavy atom. The number of alkyl halides is 2. The van der Waals surface area contributed by atoms with E-state index in [1.165, 1.54) is 30.1 Å². The number of anilines is 2. The van der Waals surface area contributed by atoms with E-state index >= 15 is 0 Å². The Balaban J connectivity index is 1.73. The van der Waals surface area contributed by atoms with Gasteiger partial charge in [-0.1, -0.05) is 18.2 Å². The van der Waals surface area contributed by atoms with E-state index in [1.54, 1.807) is 6.07 Å². The Hall–Kier alpha value is -3.95. The maximum atomic E-state index is 12.6. The van der Waals surface area contributed by atoms with Crippen molar-refractivity contribution in [1.29, 1.82) is 0 Å². The highest BCUT2D eigenvalue weighted by Crippen LogP contribution is 2.32. The second-order valence-electron chi connectivity index (χ2n) is 5.91. The monoisotopic (exact) mass is 399 g/mol. The lowest BCUT2D eigenvalue weighted by atomic mass is 10.2. The molecule has 10 heteroatoms. The number of para-hydroxylation sites is 1. The normalized spacial score (nSPS) is 11.0. The third kappa shape index (κ3) is 3.72. The fourth-order valence-electron chi connectivity index (χ4n) is 2.82. The van der Waals surface area contributed by atoms with Gasteiger partial charge in [0.2, 0.25) is 5.95 Å². The molecule has 0 unspecified atom stereocenters. The van der Waals surface area contributed by atoms with Crippen LogP contribution in [0.4, 0.5) is 20.4 Å². The highest BCUT2D eigenvalue weighted by atomic mass is 19.3. The van der Waals surface area contributed by atoms with Crippen molar-refractivity contribution in [2.45, 2.75) is 6.61 Å². The van der Waals surface area contributed by atoms with Gasteiger partial charge in [-0.05, 0) is 24.3 Å². The zero-order chi connectivity index (χ0) is 20.4. The molecule has 0 saturated heterocycles. The van der Waals surface area contributed by atoms with Gasteiger partial charge in [0.05, 0.1) is 19.0 Å². The van der Waals surface area contributed by atoms with Crippen LogP contribution in [0, 0.1) is 0 Å². The molecule has 2 heterocycles. The lowest BCUT2D eigenvalue weighted by molar-refractivity contribution is -0.0511. The summed E-state index contributed by atoms with van der Waals surface area (Å²) in [6.07, 6.45) is 1.43. The molecule has 0 fully saturated rings. The van der Waals surface area contributed by atoms with Gasteiger partial charge < -0.3 is 14.8 Å². The Bertz CT molecular complexity index is 1210. The van der Waals surface area contributed by atoms with Crippen LogP contribution in [0.2, 0.25) is 0 Å². The predicted molar refractivity (Wildman–Crippen MR) is 102 cm³/mol. The maximum Gasteiger partial charge on any atom is 0.387 e. The first-order valence-corrected chi connectivity index (χ1v) is 8.48. The number of halogens is 2. The van der Waals surface area contributed by atoms with Crippen molar-refractivity contribution in [2.75, 3.05) is 12.4 Å². The van der Waals surface area contributed by atoms with E-state index < -0.39 is 12.2 Å². The Morgan fingerprint density at radius 1 is 1.14 bits per heavy atom. The first-order valence-electron chi connectivity index (χ1n) is 8.48. The molecule has 0 aliphatic carbocycles. The number of rotatable bonds is 6. The minimum Gasteiger partial charge on any atom is -0.493 e. The van der Waals surface area contributed by atoms with E-state index in [1.807, 2.05) is 30.3 Å². The Morgan fingerprint density at radius 3 is 2.66 bits per heavy atom. The fourth-order valence-corrected chi connectivity index (χ4v) is 2.82. The van der Waals surface area contributed by atoms with Gasteiger partial charge >= 0.3 is 6.61 Å². The summed E-state index contributed by atoms with van der Waals surface area (Å²) in [5.41, 5.74) is 1.07. The summed E-state index contributed by atoms with van der Waals surface area (Å²) in [5, 5.41) is 7.43. The number of benzene rings is 2. The van der Waals surface area contributed by atoms with Crippen LogP contribution < -0.4 is 20.3 Å². The van der Waals surface area contributed by atoms with Crippen LogP contribution in [0.25, 0.3) is 16.7 Å². The molecule has 148 valence electrons. The zero-order valence-electron chi connectivity index (χ0n) is 15.1. The summed E-state index contributed by atoms with van der Waals surface area (Å²) in [7, 11) is 1.35. The summed E-state index contributed by atoms with van der Waals surface area (Å²) in [5.74, 6) is 0.119. The predicted octanol–water partition coefficient (Wildman–Crippen LogP) is 3.46. The summed E-state index contributed by atoms with van der Waals surface area (Å²) in [4.78, 5) is 19.4. The van der Waals surface area contributed by atoms with Crippen LogP contribution in [-0.2, 0) is 0 Å². The number of hydrogen-bond acceptors (Lipinski definition) is 6. The SMILES string of the molecule is COc1ccc(Nc2nc3c(cnn3-c3ccccc3)c(=O)[nH]2)cc1OC(F)F. The molecule has 4 aromatic rings. The molecular formula is C19H15F2N5O3. The standard InChI is InChI=1S/C19H15F2N5O3/c1-28-14-8-7-11(9-15(14)29-18(20)21)23-19-24-16-13(17(27)25-19)10-22-26(16)12-5-3-2-4-6-12/h2-10,18H,1H3,(H2,23,24,25,27). The molecule has 0 amide bonds. The van der Waals surface area contributed by atoms with Crippen molar-refractivity contribution in [3.63, 3.8) is 0 Å². The largest absolute Gasteiger partial charge is 0.493 e. The summed E-state index contributed by atoms with van der Waals surface area (Å²) in [6.45, 7) is -3.01. The molecule has 0 bridgehead atoms. The van der Waals surface area contributed by atoms with Crippen molar-refractivity contribution >= 4 is 22.7 Å². The molecule has 2 aromatic heterocycles. The number of fused-ring (bicyclic) bond motifs is 1. The second-order valence-corrected chi connectivity index (χ2v) is 5.91. The Labute approximate surface area is 162 Å². The van der Waals surface area contributed by atoms with Crippen molar-refractivity contribution in [1.82, 2.24) is 19.7 Å². The number of hydrogen-bond donors (Lipinski definition) is 2. The lowest BCUT2D eigenvalue weighted by Crippen LogP contribution is -2.12. The third-order valence-electron chi connectivity index (χ3n) is 4.08. The highest BCUT2D eigenvalue weighted by molar-refractivity contribution is 5.77. The summed E-state index contributed by atoms with van der Waals surface area (Å²) >= 11 is 0. The average molecular weight is 399 g/mol. The van der Waals surface area contributed by atoms with E-state index in [0.717, 1.165) is 5.69 Å². The summed E-state index contributed by atoms with van der Waals surface area (Å²) in [6, 6.07) is 13.6. The molecule has 2 N–H and O–H groups in total. The number of aromatic amines is 1. The number of methoxy groups -OCH3 is 1. The van der Waals surface area contributed by atoms with E-state index in [2.05, 4.69) is 25.1 Å². The zero-order valence-corrected chi connectivity index (χ0v) is 15.1. The van der Waals surface area contributed by atoms with E-state index in [-0.39, 0.29) is 17.4 Å². The fraction of sp³-hybridized carbons (Fsp3) is 0.105. The molecule has 0 saturated carbocycles. The maximum absolute atomic E-state index is 12.6. The number of H-pyrrole nitrogens is 1. The number of nitrogens with zero attached hydrogens (tertiary/aromatic N) is 3. The topological polar surface area (TPSA) is 94.1 Å². The second kappa shape index (κ2) is 7.58. The number of nitrogens with one attached hydrogen (secondary N) is 2. The van der Waals surface area contributed by atoms with Crippen LogP contribution in [0.3, 0.4) is 0 Å². The van der Waals surface area contributed by atoms with Crippen LogP contribution in [-0.4, -0.2) is 33.5 Å². The van der Waals surface area contributed by atoms with Crippen LogP contribution in [0.15, 0.2) is 59.5 Å². The molecule has 4 rings (SSSR count). The van der Waals surface area contributed by atoms with Gasteiger partial charge in [0.25, 0.3) is 5.56 Å². The van der Waals surface area contributed by atoms with Crippen molar-refractivity contribution < 1.29 is 18.3 Å². The van der Waals surface area contributed by atoms with Crippen molar-refractivity contribution in [3.8, 4) is 17.2 Å². The lowest BCUT2D eigenvalue weighted by Gasteiger charge is -2.12. The van der Waals surface area contributed by atoms with Gasteiger partial charge in [-0.3, -0.25) is 9.78 Å².